The van der Waals surface area contributed by atoms with Crippen molar-refractivity contribution < 1.29 is 8.42 Å². The molecule has 1 fully saturated rings. The lowest BCUT2D eigenvalue weighted by Crippen LogP contribution is -2.50. The van der Waals surface area contributed by atoms with Gasteiger partial charge in [-0.05, 0) is 33.2 Å². The molecule has 1 aromatic rings. The van der Waals surface area contributed by atoms with E-state index in [1.54, 1.807) is 10.5 Å². The number of rotatable bonds is 5. The third-order valence-electron chi connectivity index (χ3n) is 4.49. The predicted molar refractivity (Wildman–Crippen MR) is 82.6 cm³/mol. The fraction of sp³-hybridized carbons (Fsp3) is 0.786. The van der Waals surface area contributed by atoms with E-state index in [0.29, 0.717) is 25.0 Å². The number of sulfonamides is 1. The number of aryl methyl sites for hydroxylation is 2. The van der Waals surface area contributed by atoms with Gasteiger partial charge in [0.05, 0.1) is 0 Å². The lowest BCUT2D eigenvalue weighted by atomic mass is 9.91. The highest BCUT2D eigenvalue weighted by molar-refractivity contribution is 7.89. The van der Waals surface area contributed by atoms with Gasteiger partial charge in [0.15, 0.2) is 5.03 Å². The first-order chi connectivity index (χ1) is 9.93. The Balaban J connectivity index is 2.23. The van der Waals surface area contributed by atoms with Gasteiger partial charge in [-0.3, -0.25) is 0 Å². The van der Waals surface area contributed by atoms with Gasteiger partial charge in [-0.15, -0.1) is 0 Å². The first-order valence-electron chi connectivity index (χ1n) is 7.65. The topological polar surface area (TPSA) is 67.2 Å². The summed E-state index contributed by atoms with van der Waals surface area (Å²) in [5, 5.41) is 3.48. The fourth-order valence-corrected chi connectivity index (χ4v) is 4.57. The molecule has 2 heterocycles. The molecule has 2 rings (SSSR count). The van der Waals surface area contributed by atoms with Crippen LogP contribution in [-0.2, 0) is 16.6 Å². The minimum absolute atomic E-state index is 0.180. The third kappa shape index (κ3) is 3.14. The maximum Gasteiger partial charge on any atom is 0.262 e. The van der Waals surface area contributed by atoms with Crippen LogP contribution in [0.5, 0.6) is 0 Å². The van der Waals surface area contributed by atoms with Gasteiger partial charge in [0.25, 0.3) is 10.0 Å². The molecule has 1 aromatic heterocycles. The van der Waals surface area contributed by atoms with E-state index in [-0.39, 0.29) is 5.03 Å². The van der Waals surface area contributed by atoms with Gasteiger partial charge in [-0.25, -0.2) is 13.4 Å². The standard InChI is InChI=1S/C14H26N4O2S/c1-5-12-9-18(8-7-13(12)15-4)21(19,20)14-10-17(6-2)11(3)16-14/h10,12-13,15H,5-9H2,1-4H3. The van der Waals surface area contributed by atoms with Crippen LogP contribution in [0.2, 0.25) is 0 Å². The molecule has 1 N–H and O–H groups in total. The van der Waals surface area contributed by atoms with Crippen LogP contribution >= 0.6 is 0 Å². The van der Waals surface area contributed by atoms with Crippen molar-refractivity contribution >= 4 is 10.0 Å². The SMILES string of the molecule is CCC1CN(S(=O)(=O)c2cn(CC)c(C)n2)CCC1NC. The van der Waals surface area contributed by atoms with Crippen molar-refractivity contribution in [2.75, 3.05) is 20.1 Å². The van der Waals surface area contributed by atoms with Crippen molar-refractivity contribution in [2.45, 2.75) is 51.2 Å². The van der Waals surface area contributed by atoms with E-state index in [1.165, 1.54) is 0 Å². The van der Waals surface area contributed by atoms with Crippen LogP contribution in [0.25, 0.3) is 0 Å². The molecule has 7 heteroatoms. The molecule has 0 amide bonds. The van der Waals surface area contributed by atoms with Crippen LogP contribution < -0.4 is 5.32 Å². The molecule has 1 aliphatic heterocycles. The highest BCUT2D eigenvalue weighted by atomic mass is 32.2. The van der Waals surface area contributed by atoms with Gasteiger partial charge >= 0.3 is 0 Å². The molecule has 1 saturated heterocycles. The third-order valence-corrected chi connectivity index (χ3v) is 6.23. The predicted octanol–water partition coefficient (Wildman–Crippen LogP) is 1.22. The van der Waals surface area contributed by atoms with E-state index in [0.717, 1.165) is 25.2 Å². The smallest absolute Gasteiger partial charge is 0.262 e. The monoisotopic (exact) mass is 314 g/mol. The largest absolute Gasteiger partial charge is 0.334 e. The van der Waals surface area contributed by atoms with Crippen molar-refractivity contribution in [3.8, 4) is 0 Å². The quantitative estimate of drug-likeness (QED) is 0.887. The van der Waals surface area contributed by atoms with E-state index in [9.17, 15) is 8.42 Å². The molecular formula is C14H26N4O2S. The molecule has 0 radical (unpaired) electrons. The second-order valence-electron chi connectivity index (χ2n) is 5.63. The molecule has 2 unspecified atom stereocenters. The lowest BCUT2D eigenvalue weighted by Gasteiger charge is -2.37. The molecule has 0 aromatic carbocycles. The first-order valence-corrected chi connectivity index (χ1v) is 9.09. The second-order valence-corrected chi connectivity index (χ2v) is 7.51. The van der Waals surface area contributed by atoms with E-state index in [4.69, 9.17) is 0 Å². The van der Waals surface area contributed by atoms with Crippen molar-refractivity contribution in [2.24, 2.45) is 5.92 Å². The van der Waals surface area contributed by atoms with E-state index < -0.39 is 10.0 Å². The Bertz CT molecular complexity index is 582. The summed E-state index contributed by atoms with van der Waals surface area (Å²) in [6.45, 7) is 7.79. The van der Waals surface area contributed by atoms with E-state index in [2.05, 4.69) is 17.2 Å². The number of nitrogens with zero attached hydrogens (tertiary/aromatic N) is 3. The van der Waals surface area contributed by atoms with Crippen LogP contribution in [0, 0.1) is 12.8 Å². The molecule has 6 nitrogen and oxygen atoms in total. The highest BCUT2D eigenvalue weighted by Crippen LogP contribution is 2.25. The Kier molecular flexibility index (Phi) is 5.06. The minimum atomic E-state index is -3.47. The summed E-state index contributed by atoms with van der Waals surface area (Å²) < 4.78 is 29.0. The Morgan fingerprint density at radius 1 is 1.43 bits per heavy atom. The number of hydrogen-bond acceptors (Lipinski definition) is 4. The Hall–Kier alpha value is -0.920. The summed E-state index contributed by atoms with van der Waals surface area (Å²) in [6.07, 6.45) is 3.47. The summed E-state index contributed by atoms with van der Waals surface area (Å²) >= 11 is 0. The summed E-state index contributed by atoms with van der Waals surface area (Å²) in [7, 11) is -1.53. The fourth-order valence-electron chi connectivity index (χ4n) is 3.07. The lowest BCUT2D eigenvalue weighted by molar-refractivity contribution is 0.209. The van der Waals surface area contributed by atoms with Crippen molar-refractivity contribution in [3.05, 3.63) is 12.0 Å². The van der Waals surface area contributed by atoms with Gasteiger partial charge in [0.1, 0.15) is 5.82 Å². The van der Waals surface area contributed by atoms with Crippen LogP contribution in [0.3, 0.4) is 0 Å². The zero-order valence-electron chi connectivity index (χ0n) is 13.3. The minimum Gasteiger partial charge on any atom is -0.334 e. The van der Waals surface area contributed by atoms with Gasteiger partial charge in [-0.2, -0.15) is 4.31 Å². The van der Waals surface area contributed by atoms with Gasteiger partial charge in [0, 0.05) is 31.9 Å². The van der Waals surface area contributed by atoms with Crippen molar-refractivity contribution in [1.82, 2.24) is 19.2 Å². The number of piperidine rings is 1. The van der Waals surface area contributed by atoms with Crippen LogP contribution in [0.4, 0.5) is 0 Å². The summed E-state index contributed by atoms with van der Waals surface area (Å²) in [6, 6.07) is 0.399. The summed E-state index contributed by atoms with van der Waals surface area (Å²) in [5.74, 6) is 1.10. The first kappa shape index (κ1) is 16.5. The van der Waals surface area contributed by atoms with E-state index in [1.807, 2.05) is 25.5 Å². The van der Waals surface area contributed by atoms with Crippen LogP contribution in [-0.4, -0.2) is 48.5 Å². The molecule has 21 heavy (non-hydrogen) atoms. The zero-order chi connectivity index (χ0) is 15.6. The number of imidazole rings is 1. The Morgan fingerprint density at radius 2 is 2.14 bits per heavy atom. The van der Waals surface area contributed by atoms with Crippen LogP contribution in [0.1, 0.15) is 32.5 Å². The highest BCUT2D eigenvalue weighted by Gasteiger charge is 2.35. The van der Waals surface area contributed by atoms with Crippen molar-refractivity contribution in [1.29, 1.82) is 0 Å². The van der Waals surface area contributed by atoms with Gasteiger partial charge < -0.3 is 9.88 Å². The molecule has 2 atom stereocenters. The zero-order valence-corrected chi connectivity index (χ0v) is 14.2. The molecule has 0 saturated carbocycles. The molecule has 0 bridgehead atoms. The maximum atomic E-state index is 12.8. The Labute approximate surface area is 127 Å². The number of nitrogens with one attached hydrogen (secondary N) is 1. The van der Waals surface area contributed by atoms with Crippen molar-refractivity contribution in [3.63, 3.8) is 0 Å². The van der Waals surface area contributed by atoms with Crippen LogP contribution in [0.15, 0.2) is 11.2 Å². The Morgan fingerprint density at radius 3 is 2.67 bits per heavy atom. The average molecular weight is 314 g/mol. The summed E-state index contributed by atoms with van der Waals surface area (Å²) in [4.78, 5) is 4.24. The van der Waals surface area contributed by atoms with Gasteiger partial charge in [-0.1, -0.05) is 13.3 Å². The molecule has 0 spiro atoms. The molecule has 120 valence electrons. The molecular weight excluding hydrogens is 288 g/mol. The maximum absolute atomic E-state index is 12.8. The number of hydrogen-bond donors (Lipinski definition) is 1. The van der Waals surface area contributed by atoms with Gasteiger partial charge in [0.2, 0.25) is 0 Å². The summed E-state index contributed by atoms with van der Waals surface area (Å²) in [5.41, 5.74) is 0. The number of aromatic nitrogens is 2. The average Bonchev–Trinajstić information content (AvgIpc) is 2.88. The normalized spacial score (nSPS) is 24.4. The molecule has 1 aliphatic rings. The second kappa shape index (κ2) is 6.46. The molecule has 0 aliphatic carbocycles. The van der Waals surface area contributed by atoms with E-state index >= 15 is 0 Å².